The molecule has 1 aliphatic carbocycles. The summed E-state index contributed by atoms with van der Waals surface area (Å²) in [6, 6.07) is 0. The van der Waals surface area contributed by atoms with E-state index in [2.05, 4.69) is 6.58 Å². The summed E-state index contributed by atoms with van der Waals surface area (Å²) in [5.41, 5.74) is 0. The fraction of sp³-hybridized carbons (Fsp3) is 0.939. The second kappa shape index (κ2) is 61.9. The van der Waals surface area contributed by atoms with Crippen molar-refractivity contribution in [3.63, 3.8) is 0 Å². The van der Waals surface area contributed by atoms with E-state index >= 15 is 0 Å². The average molecular weight is 1140 g/mol. The van der Waals surface area contributed by atoms with Crippen LogP contribution >= 0.6 is 0 Å². The first kappa shape index (κ1) is 75.3. The van der Waals surface area contributed by atoms with E-state index in [0.717, 1.165) is 6.08 Å². The van der Waals surface area contributed by atoms with Gasteiger partial charge in [0.1, 0.15) is 6.61 Å². The van der Waals surface area contributed by atoms with Crippen molar-refractivity contribution in [3.8, 4) is 0 Å². The molecule has 1 saturated carbocycles. The van der Waals surface area contributed by atoms with E-state index in [9.17, 15) is 17.8 Å². The van der Waals surface area contributed by atoms with E-state index < -0.39 is 21.3 Å². The molecule has 27 heteroatoms. The molecule has 0 atom stereocenters. The first-order chi connectivity index (χ1) is 36.9. The van der Waals surface area contributed by atoms with Crippen molar-refractivity contribution >= 4 is 16.1 Å². The van der Waals surface area contributed by atoms with Crippen molar-refractivity contribution in [3.05, 3.63) is 12.7 Å². The number of rotatable bonds is 63. The molecule has 1 fully saturated rings. The van der Waals surface area contributed by atoms with E-state index in [1.165, 1.54) is 0 Å². The van der Waals surface area contributed by atoms with Crippen LogP contribution in [0.25, 0.3) is 0 Å². The third-order valence-corrected chi connectivity index (χ3v) is 11.2. The Hall–Kier alpha value is -0.680. The maximum atomic E-state index is 11.1. The molecule has 0 amide bonds. The van der Waals surface area contributed by atoms with Gasteiger partial charge in [-0.3, -0.25) is 0 Å². The number of esters is 1. The zero-order valence-electron chi connectivity index (χ0n) is 45.7. The summed E-state index contributed by atoms with van der Waals surface area (Å²) >= 11 is 0. The molecule has 446 valence electrons. The second-order valence-corrected chi connectivity index (χ2v) is 17.4. The monoisotopic (exact) mass is 1140 g/mol. The molecule has 0 saturated heterocycles. The predicted octanol–water partition coefficient (Wildman–Crippen LogP) is -2.09. The maximum Gasteiger partial charge on any atom is 1.00 e. The van der Waals surface area contributed by atoms with Gasteiger partial charge in [0, 0.05) is 11.3 Å². The third-order valence-electron chi connectivity index (χ3n) is 9.95. The second-order valence-electron chi connectivity index (χ2n) is 15.8. The number of carbonyl (C=O) groups excluding carboxylic acids is 1. The minimum absolute atomic E-state index is 0. The fourth-order valence-corrected chi connectivity index (χ4v) is 6.93. The Morgan fingerprint density at radius 1 is 0.329 bits per heavy atom. The Morgan fingerprint density at radius 3 is 0.671 bits per heavy atom. The van der Waals surface area contributed by atoms with E-state index in [1.807, 2.05) is 0 Å². The standard InChI is InChI=1S/C49H94O25S.Na/c1-2-49(50)74-46-44-72-42-40-70-38-36-68-34-32-66-30-28-64-26-24-62-22-20-60-18-16-58-14-12-56-10-8-54-7-9-55-11-13-57-15-17-59-19-21-61-23-25-63-27-29-65-31-33-67-35-37-69-39-41-71-43-45-73-47-3-5-48(6-4-47)75(51,52)53;/h2,47-48H,1,3-46H2,(H,51,52,53);/q;+1/p-1. The van der Waals surface area contributed by atoms with E-state index in [0.29, 0.717) is 283 Å². The SMILES string of the molecule is C=CC(=O)OCCOCCOCCOCCOCCOCCOCCOCCOCCOCCOCCOCCOCCOCCOCCOCCOCCOCCOCCOCCOC1CCC(S(=O)(=O)[O-])CC1.[Na+]. The molecule has 0 aromatic rings. The van der Waals surface area contributed by atoms with Crippen molar-refractivity contribution in [2.24, 2.45) is 0 Å². The van der Waals surface area contributed by atoms with Crippen molar-refractivity contribution in [2.45, 2.75) is 37.0 Å². The molecular formula is C49H93NaO25S. The Balaban J connectivity index is 0.0000562. The van der Waals surface area contributed by atoms with Gasteiger partial charge in [0.15, 0.2) is 0 Å². The van der Waals surface area contributed by atoms with Crippen LogP contribution in [0.3, 0.4) is 0 Å². The molecule has 1 aliphatic rings. The number of hydrogen-bond acceptors (Lipinski definition) is 25. The molecule has 76 heavy (non-hydrogen) atoms. The van der Waals surface area contributed by atoms with Gasteiger partial charge in [-0.1, -0.05) is 6.58 Å². The quantitative estimate of drug-likeness (QED) is 0.0208. The molecule has 0 heterocycles. The summed E-state index contributed by atoms with van der Waals surface area (Å²) < 4.78 is 148. The first-order valence-electron chi connectivity index (χ1n) is 26.3. The molecule has 0 spiro atoms. The largest absolute Gasteiger partial charge is 1.00 e. The summed E-state index contributed by atoms with van der Waals surface area (Å²) in [6.07, 6.45) is 2.97. The van der Waals surface area contributed by atoms with Gasteiger partial charge in [-0.05, 0) is 25.7 Å². The third kappa shape index (κ3) is 58.0. The number of carbonyl (C=O) groups is 1. The molecular weight excluding hydrogens is 1040 g/mol. The zero-order valence-corrected chi connectivity index (χ0v) is 48.5. The zero-order chi connectivity index (χ0) is 53.9. The normalized spacial score (nSPS) is 14.8. The van der Waals surface area contributed by atoms with Gasteiger partial charge in [0.2, 0.25) is 0 Å². The Kier molecular flexibility index (Phi) is 61.4. The maximum absolute atomic E-state index is 11.1. The minimum atomic E-state index is -4.20. The van der Waals surface area contributed by atoms with E-state index in [-0.39, 0.29) is 42.3 Å². The molecule has 25 nitrogen and oxygen atoms in total. The molecule has 0 radical (unpaired) electrons. The van der Waals surface area contributed by atoms with Crippen LogP contribution < -0.4 is 29.6 Å². The molecule has 0 aromatic heterocycles. The Labute approximate surface area is 474 Å². The Bertz CT molecular complexity index is 1290. The fourth-order valence-electron chi connectivity index (χ4n) is 6.08. The van der Waals surface area contributed by atoms with Gasteiger partial charge in [-0.25, -0.2) is 13.2 Å². The van der Waals surface area contributed by atoms with Crippen LogP contribution in [0.1, 0.15) is 25.7 Å². The summed E-state index contributed by atoms with van der Waals surface area (Å²) in [4.78, 5) is 10.9. The van der Waals surface area contributed by atoms with Crippen molar-refractivity contribution in [2.75, 3.05) is 264 Å². The topological polar surface area (TPSA) is 268 Å². The predicted molar refractivity (Wildman–Crippen MR) is 268 cm³/mol. The smallest absolute Gasteiger partial charge is 0.748 e. The van der Waals surface area contributed by atoms with Crippen LogP contribution in [-0.4, -0.2) is 295 Å². The molecule has 0 unspecified atom stereocenters. The van der Waals surface area contributed by atoms with Gasteiger partial charge >= 0.3 is 35.5 Å². The van der Waals surface area contributed by atoms with Crippen molar-refractivity contribution < 1.29 is 147 Å². The molecule has 0 bridgehead atoms. The summed E-state index contributed by atoms with van der Waals surface area (Å²) in [6.45, 7) is 21.5. The summed E-state index contributed by atoms with van der Waals surface area (Å²) in [7, 11) is -4.20. The summed E-state index contributed by atoms with van der Waals surface area (Å²) in [5, 5.41) is -0.779. The van der Waals surface area contributed by atoms with E-state index in [4.69, 9.17) is 99.5 Å². The molecule has 0 aliphatic heterocycles. The van der Waals surface area contributed by atoms with Crippen molar-refractivity contribution in [1.82, 2.24) is 0 Å². The molecule has 1 rings (SSSR count). The van der Waals surface area contributed by atoms with Crippen molar-refractivity contribution in [1.29, 1.82) is 0 Å². The van der Waals surface area contributed by atoms with Crippen LogP contribution in [0.15, 0.2) is 12.7 Å². The number of ether oxygens (including phenoxy) is 21. The van der Waals surface area contributed by atoms with Crippen LogP contribution in [0.5, 0.6) is 0 Å². The van der Waals surface area contributed by atoms with Crippen LogP contribution in [0, 0.1) is 0 Å². The van der Waals surface area contributed by atoms with Gasteiger partial charge < -0.3 is 104 Å². The van der Waals surface area contributed by atoms with Gasteiger partial charge in [0.25, 0.3) is 0 Å². The van der Waals surface area contributed by atoms with Gasteiger partial charge in [-0.15, -0.1) is 0 Å². The average Bonchev–Trinajstić information content (AvgIpc) is 3.41. The minimum Gasteiger partial charge on any atom is -0.748 e. The molecule has 0 aromatic carbocycles. The van der Waals surface area contributed by atoms with Crippen LogP contribution in [0.4, 0.5) is 0 Å². The molecule has 0 N–H and O–H groups in total. The van der Waals surface area contributed by atoms with Crippen LogP contribution in [0.2, 0.25) is 0 Å². The Morgan fingerprint density at radius 2 is 0.500 bits per heavy atom. The number of hydrogen-bond donors (Lipinski definition) is 0. The summed E-state index contributed by atoms with van der Waals surface area (Å²) in [5.74, 6) is -0.467. The first-order valence-corrected chi connectivity index (χ1v) is 27.7. The van der Waals surface area contributed by atoms with Gasteiger partial charge in [-0.2, -0.15) is 0 Å². The van der Waals surface area contributed by atoms with Crippen LogP contribution in [-0.2, 0) is 114 Å². The van der Waals surface area contributed by atoms with Gasteiger partial charge in [0.05, 0.1) is 274 Å². The van der Waals surface area contributed by atoms with E-state index in [1.54, 1.807) is 0 Å².